The number of hydrogen-bond acceptors (Lipinski definition) is 6. The van der Waals surface area contributed by atoms with E-state index in [1.807, 2.05) is 24.3 Å². The molecule has 0 aliphatic rings. The Bertz CT molecular complexity index is 964. The number of methoxy groups -OCH3 is 1. The summed E-state index contributed by atoms with van der Waals surface area (Å²) in [5.41, 5.74) is 3.17. The molecule has 0 amide bonds. The molecule has 7 nitrogen and oxygen atoms in total. The van der Waals surface area contributed by atoms with Gasteiger partial charge in [0.1, 0.15) is 0 Å². The molecule has 1 aromatic carbocycles. The van der Waals surface area contributed by atoms with Crippen molar-refractivity contribution in [1.82, 2.24) is 29.9 Å². The second kappa shape index (κ2) is 5.03. The first-order valence-electron chi connectivity index (χ1n) is 6.77. The minimum Gasteiger partial charge on any atom is -0.480 e. The number of pyridine rings is 1. The van der Waals surface area contributed by atoms with E-state index in [2.05, 4.69) is 31.3 Å². The van der Waals surface area contributed by atoms with Crippen LogP contribution in [0.1, 0.15) is 5.56 Å². The van der Waals surface area contributed by atoms with E-state index in [1.54, 1.807) is 18.0 Å². The van der Waals surface area contributed by atoms with Crippen LogP contribution in [0.4, 0.5) is 0 Å². The van der Waals surface area contributed by atoms with Crippen LogP contribution in [0.15, 0.2) is 42.7 Å². The summed E-state index contributed by atoms with van der Waals surface area (Å²) in [7, 11) is 1.56. The summed E-state index contributed by atoms with van der Waals surface area (Å²) >= 11 is 0. The normalized spacial score (nSPS) is 11.1. The minimum absolute atomic E-state index is 0.443. The predicted octanol–water partition coefficient (Wildman–Crippen LogP) is 1.83. The Kier molecular flexibility index (Phi) is 2.89. The molecule has 4 rings (SSSR count). The lowest BCUT2D eigenvalue weighted by atomic mass is 10.1. The van der Waals surface area contributed by atoms with E-state index < -0.39 is 0 Å². The summed E-state index contributed by atoms with van der Waals surface area (Å²) in [6.07, 6.45) is 3.32. The smallest absolute Gasteiger partial charge is 0.234 e. The molecule has 3 heterocycles. The zero-order valence-corrected chi connectivity index (χ0v) is 11.8. The summed E-state index contributed by atoms with van der Waals surface area (Å²) in [6, 6.07) is 10.1. The molecule has 0 saturated heterocycles. The fourth-order valence-corrected chi connectivity index (χ4v) is 2.34. The predicted molar refractivity (Wildman–Crippen MR) is 80.5 cm³/mol. The van der Waals surface area contributed by atoms with Crippen LogP contribution in [0.3, 0.4) is 0 Å². The van der Waals surface area contributed by atoms with Crippen LogP contribution in [-0.4, -0.2) is 37.1 Å². The van der Waals surface area contributed by atoms with Crippen LogP contribution in [-0.2, 0) is 6.54 Å². The van der Waals surface area contributed by atoms with E-state index >= 15 is 0 Å². The van der Waals surface area contributed by atoms with Gasteiger partial charge in [-0.25, -0.2) is 9.67 Å². The second-order valence-corrected chi connectivity index (χ2v) is 4.84. The van der Waals surface area contributed by atoms with E-state index in [4.69, 9.17) is 4.74 Å². The number of ether oxygens (including phenoxy) is 1. The number of benzene rings is 1. The molecule has 0 unspecified atom stereocenters. The number of hydrogen-bond donors (Lipinski definition) is 0. The summed E-state index contributed by atoms with van der Waals surface area (Å²) < 4.78 is 6.81. The van der Waals surface area contributed by atoms with Crippen molar-refractivity contribution in [3.05, 3.63) is 48.3 Å². The third-order valence-corrected chi connectivity index (χ3v) is 3.41. The van der Waals surface area contributed by atoms with Gasteiger partial charge in [-0.05, 0) is 23.8 Å². The van der Waals surface area contributed by atoms with Gasteiger partial charge in [0.25, 0.3) is 0 Å². The molecule has 0 radical (unpaired) electrons. The largest absolute Gasteiger partial charge is 0.480 e. The van der Waals surface area contributed by atoms with Gasteiger partial charge in [-0.15, -0.1) is 5.10 Å². The number of aromatic nitrogens is 6. The van der Waals surface area contributed by atoms with Crippen LogP contribution in [0.2, 0.25) is 0 Å². The third kappa shape index (κ3) is 2.12. The van der Waals surface area contributed by atoms with Crippen molar-refractivity contribution < 1.29 is 4.74 Å². The quantitative estimate of drug-likeness (QED) is 0.573. The SMILES string of the molecule is COc1cnc2nnn(Cc3ccc4ncccc4c3)c2n1. The Labute approximate surface area is 125 Å². The van der Waals surface area contributed by atoms with E-state index in [0.717, 1.165) is 16.5 Å². The molecule has 22 heavy (non-hydrogen) atoms. The third-order valence-electron chi connectivity index (χ3n) is 3.41. The van der Waals surface area contributed by atoms with Gasteiger partial charge in [0.15, 0.2) is 0 Å². The Balaban J connectivity index is 1.75. The maximum Gasteiger partial charge on any atom is 0.234 e. The lowest BCUT2D eigenvalue weighted by Gasteiger charge is -2.04. The molecule has 0 aliphatic heterocycles. The summed E-state index contributed by atoms with van der Waals surface area (Å²) in [5, 5.41) is 9.23. The Morgan fingerprint density at radius 1 is 1.18 bits per heavy atom. The fourth-order valence-electron chi connectivity index (χ4n) is 2.34. The van der Waals surface area contributed by atoms with Crippen molar-refractivity contribution in [2.45, 2.75) is 6.54 Å². The highest BCUT2D eigenvalue weighted by Crippen LogP contribution is 2.16. The zero-order chi connectivity index (χ0) is 14.9. The van der Waals surface area contributed by atoms with E-state index in [1.165, 1.54) is 6.20 Å². The maximum atomic E-state index is 5.10. The highest BCUT2D eigenvalue weighted by atomic mass is 16.5. The summed E-state index contributed by atoms with van der Waals surface area (Å²) in [4.78, 5) is 12.8. The van der Waals surface area contributed by atoms with Crippen LogP contribution in [0.5, 0.6) is 5.88 Å². The van der Waals surface area contributed by atoms with E-state index in [-0.39, 0.29) is 0 Å². The molecule has 108 valence electrons. The molecule has 7 heteroatoms. The molecule has 4 aromatic rings. The molecule has 0 spiro atoms. The molecule has 0 atom stereocenters. The van der Waals surface area contributed by atoms with Crippen molar-refractivity contribution in [2.24, 2.45) is 0 Å². The number of nitrogens with zero attached hydrogens (tertiary/aromatic N) is 6. The monoisotopic (exact) mass is 292 g/mol. The molecule has 3 aromatic heterocycles. The highest BCUT2D eigenvalue weighted by Gasteiger charge is 2.09. The number of fused-ring (bicyclic) bond motifs is 2. The zero-order valence-electron chi connectivity index (χ0n) is 11.8. The average Bonchev–Trinajstić information content (AvgIpc) is 2.97. The van der Waals surface area contributed by atoms with Gasteiger partial charge >= 0.3 is 0 Å². The van der Waals surface area contributed by atoms with Crippen molar-refractivity contribution in [3.63, 3.8) is 0 Å². The van der Waals surface area contributed by atoms with Gasteiger partial charge in [0.2, 0.25) is 17.2 Å². The molecular weight excluding hydrogens is 280 g/mol. The van der Waals surface area contributed by atoms with Gasteiger partial charge in [-0.2, -0.15) is 4.98 Å². The maximum absolute atomic E-state index is 5.10. The van der Waals surface area contributed by atoms with Crippen molar-refractivity contribution >= 4 is 22.2 Å². The molecular formula is C15H12N6O. The fraction of sp³-hybridized carbons (Fsp3) is 0.133. The topological polar surface area (TPSA) is 78.6 Å². The Morgan fingerprint density at radius 3 is 3.05 bits per heavy atom. The van der Waals surface area contributed by atoms with E-state index in [0.29, 0.717) is 23.7 Å². The lowest BCUT2D eigenvalue weighted by Crippen LogP contribution is -2.03. The first kappa shape index (κ1) is 12.6. The average molecular weight is 292 g/mol. The molecule has 0 saturated carbocycles. The van der Waals surface area contributed by atoms with Crippen LogP contribution in [0.25, 0.3) is 22.2 Å². The molecule has 0 aliphatic carbocycles. The Morgan fingerprint density at radius 2 is 2.14 bits per heavy atom. The second-order valence-electron chi connectivity index (χ2n) is 4.84. The first-order chi connectivity index (χ1) is 10.8. The standard InChI is InChI=1S/C15H12N6O/c1-22-13-8-17-14-15(18-13)21(20-19-14)9-10-4-5-12-11(7-10)3-2-6-16-12/h2-8H,9H2,1H3. The Hall–Kier alpha value is -3.09. The van der Waals surface area contributed by atoms with Crippen LogP contribution >= 0.6 is 0 Å². The van der Waals surface area contributed by atoms with Gasteiger partial charge < -0.3 is 4.74 Å². The van der Waals surface area contributed by atoms with E-state index in [9.17, 15) is 0 Å². The number of rotatable bonds is 3. The van der Waals surface area contributed by atoms with Crippen LogP contribution in [0, 0.1) is 0 Å². The van der Waals surface area contributed by atoms with Crippen molar-refractivity contribution in [1.29, 1.82) is 0 Å². The molecule has 0 fully saturated rings. The molecule has 0 bridgehead atoms. The molecule has 0 N–H and O–H groups in total. The summed E-state index contributed by atoms with van der Waals surface area (Å²) in [6.45, 7) is 0.559. The van der Waals surface area contributed by atoms with Gasteiger partial charge in [0, 0.05) is 11.6 Å². The summed E-state index contributed by atoms with van der Waals surface area (Å²) in [5.74, 6) is 0.443. The van der Waals surface area contributed by atoms with Crippen molar-refractivity contribution in [3.8, 4) is 5.88 Å². The van der Waals surface area contributed by atoms with Gasteiger partial charge in [-0.1, -0.05) is 17.3 Å². The first-order valence-corrected chi connectivity index (χ1v) is 6.77. The van der Waals surface area contributed by atoms with Gasteiger partial charge in [0.05, 0.1) is 25.4 Å². The van der Waals surface area contributed by atoms with Crippen molar-refractivity contribution in [2.75, 3.05) is 7.11 Å². The van der Waals surface area contributed by atoms with Crippen LogP contribution < -0.4 is 4.74 Å². The van der Waals surface area contributed by atoms with Gasteiger partial charge in [-0.3, -0.25) is 4.98 Å². The minimum atomic E-state index is 0.443. The lowest BCUT2D eigenvalue weighted by molar-refractivity contribution is 0.397. The highest BCUT2D eigenvalue weighted by molar-refractivity contribution is 5.79.